The monoisotopic (exact) mass is 596 g/mol. The van der Waals surface area contributed by atoms with Crippen molar-refractivity contribution in [2.45, 2.75) is 38.0 Å². The fourth-order valence-electron chi connectivity index (χ4n) is 6.15. The summed E-state index contributed by atoms with van der Waals surface area (Å²) in [5.74, 6) is 0.882. The van der Waals surface area contributed by atoms with Gasteiger partial charge >= 0.3 is 0 Å². The molecule has 1 aliphatic carbocycles. The highest BCUT2D eigenvalue weighted by Crippen LogP contribution is 2.38. The van der Waals surface area contributed by atoms with Gasteiger partial charge in [-0.15, -0.1) is 0 Å². The molecule has 5 heterocycles. The molecule has 0 spiro atoms. The van der Waals surface area contributed by atoms with Crippen LogP contribution in [0.2, 0.25) is 0 Å². The van der Waals surface area contributed by atoms with E-state index in [1.54, 1.807) is 37.6 Å². The van der Waals surface area contributed by atoms with Gasteiger partial charge in [-0.1, -0.05) is 0 Å². The molecule has 2 fully saturated rings. The second kappa shape index (κ2) is 10.7. The van der Waals surface area contributed by atoms with Gasteiger partial charge in [0, 0.05) is 48.9 Å². The third kappa shape index (κ3) is 4.94. The molecule has 2 amide bonds. The Hall–Kier alpha value is -4.84. The Balaban J connectivity index is 1.32. The number of carbonyl (C=O) groups is 2. The molecule has 0 bridgehead atoms. The van der Waals surface area contributed by atoms with Crippen LogP contribution in [0.25, 0.3) is 44.8 Å². The SMILES string of the molecule is COc1cc(C(=O)N2C[C@H](N)C[C@@H](F)C2)cc2nc(-c3cc4ccc(-c5ccc(C(N)=O)nc5)nc4n3CC3CC3)n(C)c12. The van der Waals surface area contributed by atoms with Crippen LogP contribution < -0.4 is 16.2 Å². The topological polar surface area (TPSA) is 147 Å². The van der Waals surface area contributed by atoms with Gasteiger partial charge < -0.3 is 30.2 Å². The molecule has 2 aliphatic rings. The van der Waals surface area contributed by atoms with E-state index in [1.165, 1.54) is 4.90 Å². The second-order valence-corrected chi connectivity index (χ2v) is 11.8. The smallest absolute Gasteiger partial charge is 0.267 e. The van der Waals surface area contributed by atoms with E-state index >= 15 is 0 Å². The molecule has 7 rings (SSSR count). The molecule has 1 aliphatic heterocycles. The molecule has 0 radical (unpaired) electrons. The Morgan fingerprint density at radius 2 is 1.91 bits per heavy atom. The summed E-state index contributed by atoms with van der Waals surface area (Å²) in [7, 11) is 3.49. The molecular weight excluding hydrogens is 563 g/mol. The molecule has 5 aromatic rings. The van der Waals surface area contributed by atoms with Crippen LogP contribution in [-0.4, -0.2) is 73.2 Å². The largest absolute Gasteiger partial charge is 0.494 e. The van der Waals surface area contributed by atoms with Gasteiger partial charge in [-0.2, -0.15) is 0 Å². The highest BCUT2D eigenvalue weighted by molar-refractivity contribution is 6.00. The van der Waals surface area contributed by atoms with Crippen LogP contribution in [-0.2, 0) is 13.6 Å². The Morgan fingerprint density at radius 3 is 2.59 bits per heavy atom. The Labute approximate surface area is 252 Å². The highest BCUT2D eigenvalue weighted by Gasteiger charge is 2.30. The maximum Gasteiger partial charge on any atom is 0.267 e. The summed E-state index contributed by atoms with van der Waals surface area (Å²) in [6.07, 6.45) is 3.01. The fourth-order valence-corrected chi connectivity index (χ4v) is 6.15. The minimum atomic E-state index is -1.15. The van der Waals surface area contributed by atoms with Gasteiger partial charge in [-0.25, -0.2) is 14.4 Å². The van der Waals surface area contributed by atoms with Crippen LogP contribution in [0.4, 0.5) is 4.39 Å². The van der Waals surface area contributed by atoms with Crippen LogP contribution in [0.3, 0.4) is 0 Å². The number of nitrogens with zero attached hydrogens (tertiary/aromatic N) is 6. The number of hydrogen-bond acceptors (Lipinski definition) is 7. The standard InChI is InChI=1S/C32H33FN8O3/c1-39-28-25(9-20(11-27(28)44-2)32(43)40-15-21(33)12-22(34)16-40)38-31(39)26-10-18-5-7-23(19-6-8-24(29(35)42)36-13-19)37-30(18)41(26)14-17-3-4-17/h5-11,13,17,21-22H,3-4,12,14-16,34H2,1-2H3,(H2,35,42)/t21-,22-/m1/s1. The summed E-state index contributed by atoms with van der Waals surface area (Å²) in [4.78, 5) is 40.6. The number of fused-ring (bicyclic) bond motifs is 2. The predicted octanol–water partition coefficient (Wildman–Crippen LogP) is 3.68. The van der Waals surface area contributed by atoms with Crippen LogP contribution in [0, 0.1) is 5.92 Å². The normalized spacial score (nSPS) is 18.7. The summed E-state index contributed by atoms with van der Waals surface area (Å²) in [5.41, 5.74) is 16.5. The zero-order chi connectivity index (χ0) is 30.7. The number of hydrogen-bond donors (Lipinski definition) is 2. The number of amides is 2. The number of aromatic nitrogens is 5. The second-order valence-electron chi connectivity index (χ2n) is 11.8. The minimum absolute atomic E-state index is 0.0158. The number of imidazole rings is 1. The lowest BCUT2D eigenvalue weighted by Gasteiger charge is -2.33. The van der Waals surface area contributed by atoms with Crippen molar-refractivity contribution in [3.05, 3.63) is 59.9 Å². The third-order valence-electron chi connectivity index (χ3n) is 8.54. The fraction of sp³-hybridized carbons (Fsp3) is 0.344. The maximum atomic E-state index is 14.2. The lowest BCUT2D eigenvalue weighted by Crippen LogP contribution is -2.50. The van der Waals surface area contributed by atoms with E-state index in [4.69, 9.17) is 26.2 Å². The number of likely N-dealkylation sites (tertiary alicyclic amines) is 1. The number of rotatable bonds is 7. The number of benzene rings is 1. The molecule has 1 saturated heterocycles. The molecule has 2 atom stereocenters. The van der Waals surface area contributed by atoms with Gasteiger partial charge in [0.05, 0.1) is 30.6 Å². The molecule has 1 saturated carbocycles. The first-order chi connectivity index (χ1) is 21.2. The molecule has 0 unspecified atom stereocenters. The van der Waals surface area contributed by atoms with Crippen molar-refractivity contribution in [3.63, 3.8) is 0 Å². The first-order valence-corrected chi connectivity index (χ1v) is 14.7. The number of piperidine rings is 1. The Kier molecular flexibility index (Phi) is 6.80. The van der Waals surface area contributed by atoms with E-state index < -0.39 is 18.1 Å². The van der Waals surface area contributed by atoms with E-state index in [0.717, 1.165) is 52.9 Å². The van der Waals surface area contributed by atoms with E-state index in [-0.39, 0.29) is 24.6 Å². The zero-order valence-electron chi connectivity index (χ0n) is 24.5. The zero-order valence-corrected chi connectivity index (χ0v) is 24.5. The van der Waals surface area contributed by atoms with Gasteiger partial charge in [0.25, 0.3) is 11.8 Å². The number of carbonyl (C=O) groups excluding carboxylic acids is 2. The summed E-state index contributed by atoms with van der Waals surface area (Å²) in [5, 5.41) is 0.961. The average Bonchev–Trinajstić information content (AvgIpc) is 3.68. The Morgan fingerprint density at radius 1 is 1.09 bits per heavy atom. The van der Waals surface area contributed by atoms with Crippen molar-refractivity contribution in [3.8, 4) is 28.5 Å². The molecule has 4 N–H and O–H groups in total. The van der Waals surface area contributed by atoms with Gasteiger partial charge in [0.1, 0.15) is 28.8 Å². The number of pyridine rings is 2. The summed E-state index contributed by atoms with van der Waals surface area (Å²) >= 11 is 0. The van der Waals surface area contributed by atoms with Crippen molar-refractivity contribution in [1.82, 2.24) is 29.0 Å². The molecule has 1 aromatic carbocycles. The van der Waals surface area contributed by atoms with E-state index in [9.17, 15) is 14.0 Å². The molecule has 11 nitrogen and oxygen atoms in total. The Bertz CT molecular complexity index is 1920. The summed E-state index contributed by atoms with van der Waals surface area (Å²) < 4.78 is 24.2. The van der Waals surface area contributed by atoms with E-state index in [0.29, 0.717) is 35.1 Å². The molecule has 226 valence electrons. The van der Waals surface area contributed by atoms with E-state index in [2.05, 4.69) is 15.6 Å². The number of ether oxygens (including phenoxy) is 1. The van der Waals surface area contributed by atoms with Crippen molar-refractivity contribution in [2.75, 3.05) is 20.2 Å². The van der Waals surface area contributed by atoms with Crippen molar-refractivity contribution >= 4 is 33.9 Å². The predicted molar refractivity (Wildman–Crippen MR) is 164 cm³/mol. The van der Waals surface area contributed by atoms with Gasteiger partial charge in [-0.3, -0.25) is 14.6 Å². The van der Waals surface area contributed by atoms with Crippen molar-refractivity contribution in [1.29, 1.82) is 0 Å². The number of methoxy groups -OCH3 is 1. The maximum absolute atomic E-state index is 14.2. The quantitative estimate of drug-likeness (QED) is 0.291. The van der Waals surface area contributed by atoms with Crippen LogP contribution in [0.5, 0.6) is 5.75 Å². The lowest BCUT2D eigenvalue weighted by molar-refractivity contribution is 0.0606. The summed E-state index contributed by atoms with van der Waals surface area (Å²) in [6, 6.07) is 12.4. The van der Waals surface area contributed by atoms with Crippen LogP contribution in [0.1, 0.15) is 40.1 Å². The molecule has 4 aromatic heterocycles. The van der Waals surface area contributed by atoms with Crippen molar-refractivity contribution < 1.29 is 18.7 Å². The third-order valence-corrected chi connectivity index (χ3v) is 8.54. The molecule has 12 heteroatoms. The first kappa shape index (κ1) is 28.0. The van der Waals surface area contributed by atoms with Crippen molar-refractivity contribution in [2.24, 2.45) is 24.4 Å². The number of primary amides is 1. The van der Waals surface area contributed by atoms with Gasteiger partial charge in [-0.05, 0) is 67.6 Å². The first-order valence-electron chi connectivity index (χ1n) is 14.7. The van der Waals surface area contributed by atoms with Gasteiger partial charge in [0.15, 0.2) is 5.82 Å². The molecule has 44 heavy (non-hydrogen) atoms. The van der Waals surface area contributed by atoms with Gasteiger partial charge in [0.2, 0.25) is 0 Å². The van der Waals surface area contributed by atoms with Crippen LogP contribution in [0.15, 0.2) is 48.7 Å². The number of nitrogens with two attached hydrogens (primary N) is 2. The minimum Gasteiger partial charge on any atom is -0.494 e. The average molecular weight is 597 g/mol. The lowest BCUT2D eigenvalue weighted by atomic mass is 10.0. The summed E-state index contributed by atoms with van der Waals surface area (Å²) in [6.45, 7) is 1.11. The van der Waals surface area contributed by atoms with Crippen LogP contribution >= 0.6 is 0 Å². The highest BCUT2D eigenvalue weighted by atomic mass is 19.1. The molecular formula is C32H33FN8O3. The number of halogens is 1. The number of alkyl halides is 1. The number of aryl methyl sites for hydroxylation is 1. The van der Waals surface area contributed by atoms with E-state index in [1.807, 2.05) is 23.7 Å².